The van der Waals surface area contributed by atoms with E-state index in [2.05, 4.69) is 5.32 Å². The first-order chi connectivity index (χ1) is 10.8. The van der Waals surface area contributed by atoms with Crippen LogP contribution in [0, 0.1) is 0 Å². The first-order valence-electron chi connectivity index (χ1n) is 6.83. The molecule has 0 heterocycles. The maximum atomic E-state index is 11.7. The van der Waals surface area contributed by atoms with Crippen molar-refractivity contribution in [3.8, 4) is 0 Å². The number of ether oxygens (including phenoxy) is 1. The van der Waals surface area contributed by atoms with E-state index in [0.717, 1.165) is 11.8 Å². The molecule has 1 amide bonds. The molecule has 0 fully saturated rings. The largest absolute Gasteiger partial charge is 0.481 e. The molecule has 0 aliphatic rings. The van der Waals surface area contributed by atoms with Crippen molar-refractivity contribution in [3.05, 3.63) is 35.9 Å². The zero-order chi connectivity index (χ0) is 17.3. The lowest BCUT2D eigenvalue weighted by atomic mass is 10.2. The topological polar surface area (TPSA) is 119 Å². The van der Waals surface area contributed by atoms with Crippen molar-refractivity contribution in [3.63, 3.8) is 0 Å². The van der Waals surface area contributed by atoms with Gasteiger partial charge >= 0.3 is 12.1 Å². The molecular weight excluding hydrogens is 326 g/mol. The first-order valence-corrected chi connectivity index (χ1v) is 8.65. The Hall–Kier alpha value is -2.13. The summed E-state index contributed by atoms with van der Waals surface area (Å²) >= 11 is 0. The van der Waals surface area contributed by atoms with Crippen molar-refractivity contribution >= 4 is 22.2 Å². The third-order valence-corrected chi connectivity index (χ3v) is 3.22. The number of rotatable bonds is 9. The van der Waals surface area contributed by atoms with E-state index < -0.39 is 28.4 Å². The average Bonchev–Trinajstić information content (AvgIpc) is 2.44. The second kappa shape index (κ2) is 9.11. The van der Waals surface area contributed by atoms with Crippen LogP contribution in [0.4, 0.5) is 4.79 Å². The molecule has 0 aromatic heterocycles. The van der Waals surface area contributed by atoms with E-state index in [1.165, 1.54) is 0 Å². The summed E-state index contributed by atoms with van der Waals surface area (Å²) in [7, 11) is -3.80. The number of carbonyl (C=O) groups is 2. The van der Waals surface area contributed by atoms with Crippen molar-refractivity contribution in [2.75, 3.05) is 6.26 Å². The van der Waals surface area contributed by atoms with E-state index in [1.54, 1.807) is 24.3 Å². The lowest BCUT2D eigenvalue weighted by Gasteiger charge is -2.17. The molecule has 23 heavy (non-hydrogen) atoms. The van der Waals surface area contributed by atoms with E-state index in [4.69, 9.17) is 14.0 Å². The fraction of sp³-hybridized carbons (Fsp3) is 0.429. The molecule has 1 rings (SSSR count). The summed E-state index contributed by atoms with van der Waals surface area (Å²) in [5.74, 6) is -1.02. The van der Waals surface area contributed by atoms with Crippen LogP contribution in [-0.2, 0) is 30.4 Å². The first kappa shape index (κ1) is 18.9. The maximum absolute atomic E-state index is 11.7. The lowest BCUT2D eigenvalue weighted by molar-refractivity contribution is -0.137. The monoisotopic (exact) mass is 345 g/mol. The molecule has 0 radical (unpaired) electrons. The molecule has 9 heteroatoms. The molecule has 1 aromatic carbocycles. The highest BCUT2D eigenvalue weighted by Crippen LogP contribution is 2.07. The molecule has 0 saturated carbocycles. The zero-order valence-electron chi connectivity index (χ0n) is 12.6. The number of carboxylic acid groups (broad SMARTS) is 1. The second-order valence-electron chi connectivity index (χ2n) is 4.78. The van der Waals surface area contributed by atoms with Gasteiger partial charge in [-0.2, -0.15) is 8.42 Å². The van der Waals surface area contributed by atoms with Gasteiger partial charge in [-0.3, -0.25) is 10.1 Å². The van der Waals surface area contributed by atoms with Crippen LogP contribution < -0.4 is 5.32 Å². The summed E-state index contributed by atoms with van der Waals surface area (Å²) in [5.41, 5.74) is 0.772. The number of carboxylic acids is 1. The summed E-state index contributed by atoms with van der Waals surface area (Å²) in [6.07, 6.45) is -1.17. The summed E-state index contributed by atoms with van der Waals surface area (Å²) < 4.78 is 32.0. The predicted octanol–water partition coefficient (Wildman–Crippen LogP) is 1.47. The number of aliphatic carboxylic acids is 1. The quantitative estimate of drug-likeness (QED) is 0.514. The molecule has 8 nitrogen and oxygen atoms in total. The molecule has 2 N–H and O–H groups in total. The molecule has 1 unspecified atom stereocenters. The summed E-state index contributed by atoms with van der Waals surface area (Å²) in [5, 5.41) is 10.8. The standard InChI is InChI=1S/C14H19NO7S/c1-23(19,20)22-12(8-5-9-13(16)17)15-14(18)21-10-11-6-3-2-4-7-11/h2-4,6-7,12H,5,8-10H2,1H3,(H,15,18)(H,16,17). The van der Waals surface area contributed by atoms with Crippen LogP contribution in [0.25, 0.3) is 0 Å². The molecule has 0 bridgehead atoms. The number of hydrogen-bond donors (Lipinski definition) is 2. The van der Waals surface area contributed by atoms with E-state index in [-0.39, 0.29) is 25.9 Å². The Morgan fingerprint density at radius 2 is 1.91 bits per heavy atom. The van der Waals surface area contributed by atoms with E-state index in [1.807, 2.05) is 6.07 Å². The van der Waals surface area contributed by atoms with Gasteiger partial charge in [0.25, 0.3) is 10.1 Å². The van der Waals surface area contributed by atoms with Crippen LogP contribution in [0.5, 0.6) is 0 Å². The summed E-state index contributed by atoms with van der Waals surface area (Å²) in [6, 6.07) is 8.94. The number of hydrogen-bond acceptors (Lipinski definition) is 6. The van der Waals surface area contributed by atoms with Crippen molar-refractivity contribution < 1.29 is 32.0 Å². The van der Waals surface area contributed by atoms with Crippen LogP contribution in [0.1, 0.15) is 24.8 Å². The van der Waals surface area contributed by atoms with Crippen LogP contribution in [0.2, 0.25) is 0 Å². The summed E-state index contributed by atoms with van der Waals surface area (Å²) in [4.78, 5) is 22.2. The van der Waals surface area contributed by atoms with Gasteiger partial charge in [0.15, 0.2) is 6.23 Å². The van der Waals surface area contributed by atoms with Crippen LogP contribution in [-0.4, -0.2) is 38.1 Å². The predicted molar refractivity (Wildman–Crippen MR) is 81.0 cm³/mol. The van der Waals surface area contributed by atoms with Gasteiger partial charge in [-0.15, -0.1) is 0 Å². The molecular formula is C14H19NO7S. The van der Waals surface area contributed by atoms with Gasteiger partial charge in [0, 0.05) is 6.42 Å². The smallest absolute Gasteiger partial charge is 0.409 e. The van der Waals surface area contributed by atoms with Gasteiger partial charge in [0.2, 0.25) is 0 Å². The third kappa shape index (κ3) is 9.48. The molecule has 1 atom stereocenters. The van der Waals surface area contributed by atoms with Gasteiger partial charge in [0.05, 0.1) is 6.26 Å². The number of amides is 1. The highest BCUT2D eigenvalue weighted by atomic mass is 32.2. The van der Waals surface area contributed by atoms with Crippen molar-refractivity contribution in [1.29, 1.82) is 0 Å². The SMILES string of the molecule is CS(=O)(=O)OC(CCCC(=O)O)NC(=O)OCc1ccccc1. The van der Waals surface area contributed by atoms with Crippen LogP contribution in [0.3, 0.4) is 0 Å². The minimum absolute atomic E-state index is 0.0212. The fourth-order valence-electron chi connectivity index (χ4n) is 1.69. The molecule has 1 aromatic rings. The Morgan fingerprint density at radius 3 is 2.48 bits per heavy atom. The summed E-state index contributed by atoms with van der Waals surface area (Å²) in [6.45, 7) is 0.0212. The molecule has 128 valence electrons. The van der Waals surface area contributed by atoms with Gasteiger partial charge in [-0.05, 0) is 18.4 Å². The number of alkyl carbamates (subject to hydrolysis) is 1. The second-order valence-corrected chi connectivity index (χ2v) is 6.38. The van der Waals surface area contributed by atoms with Gasteiger partial charge < -0.3 is 9.84 Å². The fourth-order valence-corrected chi connectivity index (χ4v) is 2.26. The molecule has 0 aliphatic carbocycles. The van der Waals surface area contributed by atoms with E-state index in [9.17, 15) is 18.0 Å². The Morgan fingerprint density at radius 1 is 1.26 bits per heavy atom. The Bertz CT molecular complexity index is 615. The van der Waals surface area contributed by atoms with Gasteiger partial charge in [-0.1, -0.05) is 30.3 Å². The maximum Gasteiger partial charge on any atom is 0.409 e. The van der Waals surface area contributed by atoms with Crippen LogP contribution in [0.15, 0.2) is 30.3 Å². The molecule has 0 spiro atoms. The number of benzene rings is 1. The van der Waals surface area contributed by atoms with Gasteiger partial charge in [-0.25, -0.2) is 8.98 Å². The minimum atomic E-state index is -3.80. The van der Waals surface area contributed by atoms with Crippen molar-refractivity contribution in [1.82, 2.24) is 5.32 Å². The third-order valence-electron chi connectivity index (χ3n) is 2.64. The lowest BCUT2D eigenvalue weighted by Crippen LogP contribution is -2.38. The highest BCUT2D eigenvalue weighted by molar-refractivity contribution is 7.86. The zero-order valence-corrected chi connectivity index (χ0v) is 13.4. The Labute approximate surface area is 134 Å². The van der Waals surface area contributed by atoms with E-state index >= 15 is 0 Å². The molecule has 0 saturated heterocycles. The number of nitrogens with one attached hydrogen (secondary N) is 1. The van der Waals surface area contributed by atoms with Gasteiger partial charge in [0.1, 0.15) is 6.61 Å². The average molecular weight is 345 g/mol. The van der Waals surface area contributed by atoms with Crippen molar-refractivity contribution in [2.24, 2.45) is 0 Å². The number of carbonyl (C=O) groups excluding carboxylic acids is 1. The minimum Gasteiger partial charge on any atom is -0.481 e. The van der Waals surface area contributed by atoms with Crippen molar-refractivity contribution in [2.45, 2.75) is 32.1 Å². The molecule has 0 aliphatic heterocycles. The highest BCUT2D eigenvalue weighted by Gasteiger charge is 2.19. The normalized spacial score (nSPS) is 12.4. The van der Waals surface area contributed by atoms with E-state index in [0.29, 0.717) is 0 Å². The Balaban J connectivity index is 2.49. The van der Waals surface area contributed by atoms with Crippen LogP contribution >= 0.6 is 0 Å². The Kier molecular flexibility index (Phi) is 7.49.